The van der Waals surface area contributed by atoms with Gasteiger partial charge in [-0.1, -0.05) is 11.6 Å². The van der Waals surface area contributed by atoms with Gasteiger partial charge in [0.1, 0.15) is 0 Å². The molecule has 2 rings (SSSR count). The summed E-state index contributed by atoms with van der Waals surface area (Å²) in [6.07, 6.45) is 5.00. The van der Waals surface area contributed by atoms with E-state index in [0.29, 0.717) is 10.7 Å². The van der Waals surface area contributed by atoms with Gasteiger partial charge in [-0.2, -0.15) is 5.10 Å². The van der Waals surface area contributed by atoms with Gasteiger partial charge in [0.05, 0.1) is 11.9 Å². The molecule has 0 atom stereocenters. The van der Waals surface area contributed by atoms with E-state index in [0.717, 1.165) is 5.56 Å². The lowest BCUT2D eigenvalue weighted by atomic mass is 10.3. The summed E-state index contributed by atoms with van der Waals surface area (Å²) < 4.78 is 0. The molecule has 0 spiro atoms. The number of nitrogens with two attached hydrogens (primary N) is 1. The zero-order chi connectivity index (χ0) is 13.5. The Hall–Kier alpha value is -2.40. The average molecular weight is 274 g/mol. The van der Waals surface area contributed by atoms with E-state index in [1.165, 1.54) is 0 Å². The van der Waals surface area contributed by atoms with Gasteiger partial charge in [-0.3, -0.25) is 4.98 Å². The van der Waals surface area contributed by atoms with Gasteiger partial charge in [-0.15, -0.1) is 0 Å². The molecule has 0 aliphatic rings. The summed E-state index contributed by atoms with van der Waals surface area (Å²) in [5.74, 6) is 0.202. The first kappa shape index (κ1) is 13.0. The molecular weight excluding hydrogens is 262 g/mol. The van der Waals surface area contributed by atoms with Crippen molar-refractivity contribution in [3.63, 3.8) is 0 Å². The molecule has 0 aliphatic heterocycles. The van der Waals surface area contributed by atoms with Gasteiger partial charge < -0.3 is 5.73 Å². The van der Waals surface area contributed by atoms with Gasteiger partial charge in [0.15, 0.2) is 0 Å². The SMILES string of the molecule is NC(=Nc1ccc(Cl)cc1)NN=Cc1ccncc1. The van der Waals surface area contributed by atoms with Crippen LogP contribution in [0.25, 0.3) is 0 Å². The maximum Gasteiger partial charge on any atom is 0.214 e. The second kappa shape index (κ2) is 6.51. The zero-order valence-corrected chi connectivity index (χ0v) is 10.7. The predicted octanol–water partition coefficient (Wildman–Crippen LogP) is 2.30. The van der Waals surface area contributed by atoms with Crippen molar-refractivity contribution in [3.8, 4) is 0 Å². The smallest absolute Gasteiger partial charge is 0.214 e. The quantitative estimate of drug-likeness (QED) is 0.512. The Balaban J connectivity index is 1.96. The van der Waals surface area contributed by atoms with Gasteiger partial charge in [0, 0.05) is 17.4 Å². The molecule has 0 fully saturated rings. The first-order valence-electron chi connectivity index (χ1n) is 5.53. The number of nitrogens with zero attached hydrogens (tertiary/aromatic N) is 3. The fourth-order valence-corrected chi connectivity index (χ4v) is 1.43. The van der Waals surface area contributed by atoms with E-state index in [4.69, 9.17) is 17.3 Å². The maximum atomic E-state index is 5.78. The van der Waals surface area contributed by atoms with E-state index < -0.39 is 0 Å². The number of nitrogens with one attached hydrogen (secondary N) is 1. The number of guanidine groups is 1. The average Bonchev–Trinajstić information content (AvgIpc) is 2.43. The summed E-state index contributed by atoms with van der Waals surface area (Å²) in [7, 11) is 0. The van der Waals surface area contributed by atoms with Crippen LogP contribution in [0, 0.1) is 0 Å². The number of benzene rings is 1. The summed E-state index contributed by atoms with van der Waals surface area (Å²) in [6.45, 7) is 0. The van der Waals surface area contributed by atoms with Crippen molar-refractivity contribution in [1.29, 1.82) is 0 Å². The number of pyridine rings is 1. The Labute approximate surface area is 115 Å². The molecule has 19 heavy (non-hydrogen) atoms. The lowest BCUT2D eigenvalue weighted by molar-refractivity contribution is 1.01. The van der Waals surface area contributed by atoms with Crippen LogP contribution >= 0.6 is 11.6 Å². The van der Waals surface area contributed by atoms with Crippen LogP contribution in [-0.4, -0.2) is 17.2 Å². The molecule has 0 saturated heterocycles. The van der Waals surface area contributed by atoms with E-state index in [2.05, 4.69) is 20.5 Å². The number of halogens is 1. The molecule has 0 bridgehead atoms. The molecule has 3 N–H and O–H groups in total. The Bertz CT molecular complexity index is 578. The highest BCUT2D eigenvalue weighted by atomic mass is 35.5. The second-order valence-corrected chi connectivity index (χ2v) is 4.06. The van der Waals surface area contributed by atoms with Crippen molar-refractivity contribution in [3.05, 3.63) is 59.4 Å². The number of aromatic nitrogens is 1. The molecule has 0 radical (unpaired) electrons. The van der Waals surface area contributed by atoms with Gasteiger partial charge in [0.2, 0.25) is 5.96 Å². The summed E-state index contributed by atoms with van der Waals surface area (Å²) >= 11 is 5.78. The molecule has 1 aromatic carbocycles. The summed E-state index contributed by atoms with van der Waals surface area (Å²) in [5, 5.41) is 4.62. The van der Waals surface area contributed by atoms with Crippen LogP contribution in [0.4, 0.5) is 5.69 Å². The van der Waals surface area contributed by atoms with Crippen molar-refractivity contribution in [2.75, 3.05) is 0 Å². The Morgan fingerprint density at radius 1 is 1.16 bits per heavy atom. The van der Waals surface area contributed by atoms with Gasteiger partial charge in [-0.25, -0.2) is 10.4 Å². The van der Waals surface area contributed by atoms with Crippen molar-refractivity contribution in [1.82, 2.24) is 10.4 Å². The van der Waals surface area contributed by atoms with Crippen LogP contribution in [0.2, 0.25) is 5.02 Å². The van der Waals surface area contributed by atoms with Gasteiger partial charge in [-0.05, 0) is 42.0 Å². The molecule has 1 aromatic heterocycles. The van der Waals surface area contributed by atoms with E-state index in [9.17, 15) is 0 Å². The number of aliphatic imine (C=N–C) groups is 1. The topological polar surface area (TPSA) is 75.7 Å². The van der Waals surface area contributed by atoms with Gasteiger partial charge in [0.25, 0.3) is 0 Å². The highest BCUT2D eigenvalue weighted by Crippen LogP contribution is 2.15. The lowest BCUT2D eigenvalue weighted by Crippen LogP contribution is -2.26. The normalized spacial score (nSPS) is 11.7. The fourth-order valence-electron chi connectivity index (χ4n) is 1.30. The number of rotatable bonds is 3. The van der Waals surface area contributed by atoms with Crippen molar-refractivity contribution in [2.45, 2.75) is 0 Å². The largest absolute Gasteiger partial charge is 0.368 e. The second-order valence-electron chi connectivity index (χ2n) is 3.62. The Morgan fingerprint density at radius 3 is 2.53 bits per heavy atom. The van der Waals surface area contributed by atoms with Gasteiger partial charge >= 0.3 is 0 Å². The van der Waals surface area contributed by atoms with Crippen LogP contribution in [0.1, 0.15) is 5.56 Å². The minimum absolute atomic E-state index is 0.202. The molecule has 96 valence electrons. The van der Waals surface area contributed by atoms with Crippen LogP contribution in [0.15, 0.2) is 58.9 Å². The molecule has 0 amide bonds. The molecule has 2 aromatic rings. The molecule has 0 saturated carbocycles. The van der Waals surface area contributed by atoms with E-state index in [1.54, 1.807) is 42.9 Å². The summed E-state index contributed by atoms with van der Waals surface area (Å²) in [4.78, 5) is 8.04. The molecule has 6 heteroatoms. The van der Waals surface area contributed by atoms with Crippen LogP contribution in [0.3, 0.4) is 0 Å². The maximum absolute atomic E-state index is 5.78. The number of hydrazone groups is 1. The van der Waals surface area contributed by atoms with Crippen molar-refractivity contribution in [2.24, 2.45) is 15.8 Å². The molecule has 0 unspecified atom stereocenters. The molecular formula is C13H12ClN5. The zero-order valence-electron chi connectivity index (χ0n) is 9.99. The third kappa shape index (κ3) is 4.40. The van der Waals surface area contributed by atoms with E-state index in [-0.39, 0.29) is 5.96 Å². The third-order valence-corrected chi connectivity index (χ3v) is 2.43. The highest BCUT2D eigenvalue weighted by molar-refractivity contribution is 6.30. The Kier molecular flexibility index (Phi) is 4.47. The first-order valence-corrected chi connectivity index (χ1v) is 5.91. The first-order chi connectivity index (χ1) is 9.24. The van der Waals surface area contributed by atoms with Crippen LogP contribution < -0.4 is 11.2 Å². The monoisotopic (exact) mass is 273 g/mol. The van der Waals surface area contributed by atoms with E-state index >= 15 is 0 Å². The standard InChI is InChI=1S/C13H12ClN5/c14-11-1-3-12(4-2-11)18-13(15)19-17-9-10-5-7-16-8-6-10/h1-9H,(H3,15,18,19). The number of hydrogen-bond donors (Lipinski definition) is 2. The third-order valence-electron chi connectivity index (χ3n) is 2.18. The minimum atomic E-state index is 0.202. The predicted molar refractivity (Wildman–Crippen MR) is 77.7 cm³/mol. The summed E-state index contributed by atoms with van der Waals surface area (Å²) in [5.41, 5.74) is 9.95. The van der Waals surface area contributed by atoms with E-state index in [1.807, 2.05) is 12.1 Å². The minimum Gasteiger partial charge on any atom is -0.368 e. The number of hydrogen-bond acceptors (Lipinski definition) is 3. The van der Waals surface area contributed by atoms with Crippen LogP contribution in [0.5, 0.6) is 0 Å². The summed E-state index contributed by atoms with van der Waals surface area (Å²) in [6, 6.07) is 10.7. The molecule has 0 aliphatic carbocycles. The molecule has 1 heterocycles. The molecule has 5 nitrogen and oxygen atoms in total. The van der Waals surface area contributed by atoms with Crippen molar-refractivity contribution < 1.29 is 0 Å². The van der Waals surface area contributed by atoms with Crippen molar-refractivity contribution >= 4 is 29.5 Å². The highest BCUT2D eigenvalue weighted by Gasteiger charge is 1.92. The van der Waals surface area contributed by atoms with Crippen LogP contribution in [-0.2, 0) is 0 Å². The lowest BCUT2D eigenvalue weighted by Gasteiger charge is -1.99. The fraction of sp³-hybridized carbons (Fsp3) is 0. The Morgan fingerprint density at radius 2 is 1.84 bits per heavy atom.